The van der Waals surface area contributed by atoms with E-state index in [0.717, 1.165) is 10.8 Å². The molecule has 0 bridgehead atoms. The molecule has 0 radical (unpaired) electrons. The molecule has 0 heterocycles. The van der Waals surface area contributed by atoms with Crippen LogP contribution in [0.25, 0.3) is 10.8 Å². The van der Waals surface area contributed by atoms with Gasteiger partial charge in [0.05, 0.1) is 23.9 Å². The number of ether oxygens (including phenoxy) is 3. The van der Waals surface area contributed by atoms with Crippen LogP contribution in [0.2, 0.25) is 5.02 Å². The summed E-state index contributed by atoms with van der Waals surface area (Å²) >= 11 is 6.05. The van der Waals surface area contributed by atoms with Gasteiger partial charge in [0.1, 0.15) is 5.75 Å². The Morgan fingerprint density at radius 3 is 2.49 bits per heavy atom. The lowest BCUT2D eigenvalue weighted by molar-refractivity contribution is -0.123. The minimum absolute atomic E-state index is 0.185. The van der Waals surface area contributed by atoms with Crippen LogP contribution in [0.5, 0.6) is 17.2 Å². The van der Waals surface area contributed by atoms with Gasteiger partial charge in [-0.1, -0.05) is 54.1 Å². The van der Waals surface area contributed by atoms with Crippen molar-refractivity contribution in [3.63, 3.8) is 0 Å². The number of halogens is 1. The van der Waals surface area contributed by atoms with Crippen LogP contribution in [0, 0.1) is 0 Å². The van der Waals surface area contributed by atoms with Crippen molar-refractivity contribution in [2.45, 2.75) is 0 Å². The Hall–Kier alpha value is -4.36. The molecular formula is C27H21ClN2O5. The van der Waals surface area contributed by atoms with Crippen molar-refractivity contribution in [2.75, 3.05) is 13.7 Å². The number of hydrazone groups is 1. The maximum Gasteiger partial charge on any atom is 0.345 e. The Labute approximate surface area is 206 Å². The first-order valence-electron chi connectivity index (χ1n) is 10.6. The fourth-order valence-electron chi connectivity index (χ4n) is 3.25. The molecule has 7 nitrogen and oxygen atoms in total. The lowest BCUT2D eigenvalue weighted by atomic mass is 10.1. The van der Waals surface area contributed by atoms with Gasteiger partial charge in [0.2, 0.25) is 0 Å². The Bertz CT molecular complexity index is 1400. The zero-order valence-corrected chi connectivity index (χ0v) is 19.5. The van der Waals surface area contributed by atoms with E-state index in [0.29, 0.717) is 22.1 Å². The van der Waals surface area contributed by atoms with Crippen molar-refractivity contribution in [3.8, 4) is 17.2 Å². The Morgan fingerprint density at radius 1 is 0.914 bits per heavy atom. The zero-order chi connectivity index (χ0) is 24.6. The summed E-state index contributed by atoms with van der Waals surface area (Å²) < 4.78 is 16.3. The maximum absolute atomic E-state index is 12.4. The lowest BCUT2D eigenvalue weighted by Crippen LogP contribution is -2.24. The van der Waals surface area contributed by atoms with Crippen molar-refractivity contribution in [1.82, 2.24) is 5.43 Å². The molecule has 35 heavy (non-hydrogen) atoms. The van der Waals surface area contributed by atoms with Crippen LogP contribution >= 0.6 is 11.6 Å². The topological polar surface area (TPSA) is 86.2 Å². The van der Waals surface area contributed by atoms with Crippen molar-refractivity contribution >= 4 is 40.5 Å². The number of hydrogen-bond acceptors (Lipinski definition) is 6. The Balaban J connectivity index is 1.33. The second kappa shape index (κ2) is 11.2. The molecule has 0 unspecified atom stereocenters. The number of benzene rings is 4. The molecule has 176 valence electrons. The number of carbonyl (C=O) groups excluding carboxylic acids is 2. The minimum Gasteiger partial charge on any atom is -0.493 e. The van der Waals surface area contributed by atoms with E-state index in [1.54, 1.807) is 42.5 Å². The van der Waals surface area contributed by atoms with Gasteiger partial charge < -0.3 is 14.2 Å². The average molecular weight is 489 g/mol. The van der Waals surface area contributed by atoms with Gasteiger partial charge in [-0.25, -0.2) is 10.2 Å². The first kappa shape index (κ1) is 23.8. The third-order valence-electron chi connectivity index (χ3n) is 4.98. The monoisotopic (exact) mass is 488 g/mol. The lowest BCUT2D eigenvalue weighted by Gasteiger charge is -2.10. The summed E-state index contributed by atoms with van der Waals surface area (Å²) in [6, 6.07) is 25.0. The molecule has 0 saturated heterocycles. The SMILES string of the molecule is COc1cc(/C=N/NC(=O)COc2ccc3ccccc3c2)ccc1OC(=O)c1ccccc1Cl. The van der Waals surface area contributed by atoms with Crippen LogP contribution < -0.4 is 19.6 Å². The highest BCUT2D eigenvalue weighted by atomic mass is 35.5. The smallest absolute Gasteiger partial charge is 0.345 e. The normalized spacial score (nSPS) is 10.8. The summed E-state index contributed by atoms with van der Waals surface area (Å²) in [7, 11) is 1.45. The van der Waals surface area contributed by atoms with Gasteiger partial charge in [-0.05, 0) is 58.8 Å². The van der Waals surface area contributed by atoms with Gasteiger partial charge in [-0.15, -0.1) is 0 Å². The van der Waals surface area contributed by atoms with Crippen molar-refractivity contribution in [3.05, 3.63) is 101 Å². The Morgan fingerprint density at radius 2 is 1.69 bits per heavy atom. The predicted molar refractivity (Wildman–Crippen MR) is 135 cm³/mol. The van der Waals surface area contributed by atoms with Crippen LogP contribution in [0.3, 0.4) is 0 Å². The fourth-order valence-corrected chi connectivity index (χ4v) is 3.46. The van der Waals surface area contributed by atoms with Gasteiger partial charge in [0.25, 0.3) is 5.91 Å². The van der Waals surface area contributed by atoms with E-state index in [1.807, 2.05) is 42.5 Å². The summed E-state index contributed by atoms with van der Waals surface area (Å²) in [5.41, 5.74) is 3.28. The number of esters is 1. The summed E-state index contributed by atoms with van der Waals surface area (Å²) in [4.78, 5) is 24.5. The number of nitrogens with one attached hydrogen (secondary N) is 1. The van der Waals surface area contributed by atoms with E-state index >= 15 is 0 Å². The minimum atomic E-state index is -0.603. The third-order valence-corrected chi connectivity index (χ3v) is 5.31. The molecule has 0 aliphatic heterocycles. The first-order valence-corrected chi connectivity index (χ1v) is 11.0. The molecular weight excluding hydrogens is 468 g/mol. The van der Waals surface area contributed by atoms with Crippen LogP contribution in [0.1, 0.15) is 15.9 Å². The van der Waals surface area contributed by atoms with Crippen LogP contribution in [-0.2, 0) is 4.79 Å². The first-order chi connectivity index (χ1) is 17.0. The summed E-state index contributed by atoms with van der Waals surface area (Å²) in [6.45, 7) is -0.185. The number of rotatable bonds is 8. The molecule has 4 aromatic rings. The zero-order valence-electron chi connectivity index (χ0n) is 18.7. The second-order valence-electron chi connectivity index (χ2n) is 7.37. The van der Waals surface area contributed by atoms with Gasteiger partial charge in [0.15, 0.2) is 18.1 Å². The molecule has 0 atom stereocenters. The number of hydrogen-bond donors (Lipinski definition) is 1. The summed E-state index contributed by atoms with van der Waals surface area (Å²) in [5.74, 6) is 0.123. The van der Waals surface area contributed by atoms with Gasteiger partial charge >= 0.3 is 5.97 Å². The van der Waals surface area contributed by atoms with Crippen molar-refractivity contribution < 1.29 is 23.8 Å². The highest BCUT2D eigenvalue weighted by molar-refractivity contribution is 6.33. The van der Waals surface area contributed by atoms with E-state index in [4.69, 9.17) is 25.8 Å². The van der Waals surface area contributed by atoms with Gasteiger partial charge in [-0.3, -0.25) is 4.79 Å². The second-order valence-corrected chi connectivity index (χ2v) is 7.78. The van der Waals surface area contributed by atoms with Crippen LogP contribution in [-0.4, -0.2) is 31.8 Å². The Kier molecular flexibility index (Phi) is 7.60. The van der Waals surface area contributed by atoms with E-state index in [1.165, 1.54) is 13.3 Å². The molecule has 0 aromatic heterocycles. The predicted octanol–water partition coefficient (Wildman–Crippen LogP) is 5.25. The number of nitrogens with zero attached hydrogens (tertiary/aromatic N) is 1. The largest absolute Gasteiger partial charge is 0.493 e. The molecule has 4 rings (SSSR count). The van der Waals surface area contributed by atoms with Crippen molar-refractivity contribution in [2.24, 2.45) is 5.10 Å². The summed E-state index contributed by atoms with van der Waals surface area (Å²) in [5, 5.41) is 6.35. The maximum atomic E-state index is 12.4. The molecule has 0 fully saturated rings. The fraction of sp³-hybridized carbons (Fsp3) is 0.0741. The molecule has 4 aromatic carbocycles. The van der Waals surface area contributed by atoms with E-state index < -0.39 is 11.9 Å². The number of methoxy groups -OCH3 is 1. The molecule has 0 aliphatic rings. The molecule has 0 aliphatic carbocycles. The third kappa shape index (κ3) is 6.16. The highest BCUT2D eigenvalue weighted by Gasteiger charge is 2.15. The standard InChI is InChI=1S/C27H21ClN2O5/c1-33-25-14-18(10-13-24(25)35-27(32)22-8-4-5-9-23(22)28)16-29-30-26(31)17-34-21-12-11-19-6-2-3-7-20(19)15-21/h2-16H,17H2,1H3,(H,30,31)/b29-16+. The molecule has 1 amide bonds. The number of amides is 1. The molecule has 8 heteroatoms. The molecule has 0 spiro atoms. The van der Waals surface area contributed by atoms with Crippen LogP contribution in [0.4, 0.5) is 0 Å². The molecule has 0 saturated carbocycles. The number of fused-ring (bicyclic) bond motifs is 1. The summed E-state index contributed by atoms with van der Waals surface area (Å²) in [6.07, 6.45) is 1.44. The van der Waals surface area contributed by atoms with Gasteiger partial charge in [-0.2, -0.15) is 5.10 Å². The quantitative estimate of drug-likeness (QED) is 0.158. The number of carbonyl (C=O) groups is 2. The van der Waals surface area contributed by atoms with E-state index in [2.05, 4.69) is 10.5 Å². The average Bonchev–Trinajstić information content (AvgIpc) is 2.88. The van der Waals surface area contributed by atoms with E-state index in [-0.39, 0.29) is 17.9 Å². The van der Waals surface area contributed by atoms with Crippen molar-refractivity contribution in [1.29, 1.82) is 0 Å². The van der Waals surface area contributed by atoms with Crippen LogP contribution in [0.15, 0.2) is 90.0 Å². The van der Waals surface area contributed by atoms with E-state index in [9.17, 15) is 9.59 Å². The van der Waals surface area contributed by atoms with Gasteiger partial charge in [0, 0.05) is 0 Å². The highest BCUT2D eigenvalue weighted by Crippen LogP contribution is 2.29. The molecule has 1 N–H and O–H groups in total.